The number of hydrogen-bond donors (Lipinski definition) is 0. The summed E-state index contributed by atoms with van der Waals surface area (Å²) >= 11 is 0. The number of fused-ring (bicyclic) bond motifs is 8. The third-order valence-corrected chi connectivity index (χ3v) is 17.5. The fourth-order valence-electron chi connectivity index (χ4n) is 12.2. The van der Waals surface area contributed by atoms with Gasteiger partial charge in [0, 0.05) is 45.0 Å². The summed E-state index contributed by atoms with van der Waals surface area (Å²) in [6.07, 6.45) is 0. The van der Waals surface area contributed by atoms with Crippen molar-refractivity contribution in [2.75, 3.05) is 9.80 Å². The molecule has 2 aliphatic rings. The molecule has 2 nitrogen and oxygen atoms in total. The molecule has 0 fully saturated rings. The molecule has 350 valence electrons. The maximum absolute atomic E-state index is 2.58. The van der Waals surface area contributed by atoms with Crippen LogP contribution in [0.4, 0.5) is 34.1 Å². The minimum absolute atomic E-state index is 0.173. The summed E-state index contributed by atoms with van der Waals surface area (Å²) in [5.74, 6) is 0. The highest BCUT2D eigenvalue weighted by Gasteiger charge is 2.42. The number of nitrogens with zero attached hydrogens (tertiary/aromatic N) is 2. The zero-order valence-electron chi connectivity index (χ0n) is 44.4. The van der Waals surface area contributed by atoms with E-state index < -0.39 is 0 Å². The van der Waals surface area contributed by atoms with Crippen LogP contribution >= 0.6 is 0 Å². The van der Waals surface area contributed by atoms with Crippen molar-refractivity contribution < 1.29 is 0 Å². The molecule has 2 heteroatoms. The number of aryl methyl sites for hydroxylation is 8. The lowest BCUT2D eigenvalue weighted by Crippen LogP contribution is -2.19. The van der Waals surface area contributed by atoms with E-state index in [9.17, 15) is 0 Å². The summed E-state index contributed by atoms with van der Waals surface area (Å²) in [4.78, 5) is 4.93. The Kier molecular flexibility index (Phi) is 10.3. The molecule has 0 unspecified atom stereocenters. The lowest BCUT2D eigenvalue weighted by Gasteiger charge is -2.29. The summed E-state index contributed by atoms with van der Waals surface area (Å²) in [5, 5.41) is 5.07. The average Bonchev–Trinajstić information content (AvgIpc) is 3.66. The molecule has 0 amide bonds. The largest absolute Gasteiger partial charge is 0.310 e. The second kappa shape index (κ2) is 15.8. The van der Waals surface area contributed by atoms with Gasteiger partial charge in [0.1, 0.15) is 0 Å². The molecule has 0 radical (unpaired) electrons. The molecule has 0 N–H and O–H groups in total. The molecule has 9 aromatic rings. The molecule has 0 aliphatic heterocycles. The first-order valence-corrected chi connectivity index (χ1v) is 25.4. The van der Waals surface area contributed by atoms with Crippen molar-refractivity contribution in [3.8, 4) is 22.3 Å². The summed E-state index contributed by atoms with van der Waals surface area (Å²) in [5.41, 5.74) is 33.8. The maximum Gasteiger partial charge on any atom is 0.0468 e. The monoisotopic (exact) mass is 913 g/mol. The normalized spacial score (nSPS) is 13.9. The van der Waals surface area contributed by atoms with E-state index in [1.807, 2.05) is 0 Å². The van der Waals surface area contributed by atoms with Crippen LogP contribution in [0.5, 0.6) is 0 Å². The number of benzene rings is 9. The predicted molar refractivity (Wildman–Crippen MR) is 303 cm³/mol. The van der Waals surface area contributed by atoms with Gasteiger partial charge in [-0.05, 0) is 319 Å². The van der Waals surface area contributed by atoms with Crippen molar-refractivity contribution in [3.63, 3.8) is 0 Å². The Morgan fingerprint density at radius 1 is 0.243 bits per heavy atom. The smallest absolute Gasteiger partial charge is 0.0468 e. The SMILES string of the molecule is Cc1cc(N(c2cc(C)c(C)c(C)c2)c2ccc3cc4c(cc3c2)C(C)(C)c2cc3c(cc2-4)-c2cc4ccc(N(c5cc(C)c(C)c(C)c5)c5cc(C)c(C)c(C)c5)cc4cc2C3(C)C)cc(C)c1C. The van der Waals surface area contributed by atoms with Crippen molar-refractivity contribution in [3.05, 3.63) is 210 Å². The van der Waals surface area contributed by atoms with E-state index in [2.05, 4.69) is 242 Å². The van der Waals surface area contributed by atoms with Crippen LogP contribution in [0.3, 0.4) is 0 Å². The molecule has 0 atom stereocenters. The Hall–Kier alpha value is -6.90. The Morgan fingerprint density at radius 2 is 0.500 bits per heavy atom. The van der Waals surface area contributed by atoms with Crippen LogP contribution in [-0.2, 0) is 10.8 Å². The second-order valence-corrected chi connectivity index (χ2v) is 22.5. The van der Waals surface area contributed by atoms with Crippen molar-refractivity contribution in [1.29, 1.82) is 0 Å². The molecule has 0 saturated heterocycles. The highest BCUT2D eigenvalue weighted by Crippen LogP contribution is 2.57. The molecule has 0 aromatic heterocycles. The summed E-state index contributed by atoms with van der Waals surface area (Å²) in [6, 6.07) is 48.1. The van der Waals surface area contributed by atoms with E-state index in [4.69, 9.17) is 0 Å². The second-order valence-electron chi connectivity index (χ2n) is 22.5. The lowest BCUT2D eigenvalue weighted by molar-refractivity contribution is 0.640. The highest BCUT2D eigenvalue weighted by molar-refractivity contribution is 6.01. The topological polar surface area (TPSA) is 6.48 Å². The van der Waals surface area contributed by atoms with Gasteiger partial charge in [0.05, 0.1) is 0 Å². The third kappa shape index (κ3) is 6.88. The van der Waals surface area contributed by atoms with Crippen LogP contribution < -0.4 is 9.80 Å². The summed E-state index contributed by atoms with van der Waals surface area (Å²) < 4.78 is 0. The molecule has 0 heterocycles. The van der Waals surface area contributed by atoms with Gasteiger partial charge < -0.3 is 9.80 Å². The first kappa shape index (κ1) is 45.5. The van der Waals surface area contributed by atoms with E-state index in [-0.39, 0.29) is 10.8 Å². The Morgan fingerprint density at radius 3 is 0.786 bits per heavy atom. The van der Waals surface area contributed by atoms with Crippen molar-refractivity contribution >= 4 is 55.7 Å². The summed E-state index contributed by atoms with van der Waals surface area (Å²) in [6.45, 7) is 36.6. The van der Waals surface area contributed by atoms with Crippen LogP contribution in [0, 0.1) is 83.1 Å². The first-order valence-electron chi connectivity index (χ1n) is 25.4. The fraction of sp³-hybridized carbons (Fsp3) is 0.265. The molecule has 0 saturated carbocycles. The molecule has 0 bridgehead atoms. The molecular formula is C68H68N2. The third-order valence-electron chi connectivity index (χ3n) is 17.5. The van der Waals surface area contributed by atoms with Gasteiger partial charge in [0.25, 0.3) is 0 Å². The highest BCUT2D eigenvalue weighted by atomic mass is 15.1. The fourth-order valence-corrected chi connectivity index (χ4v) is 12.2. The van der Waals surface area contributed by atoms with Gasteiger partial charge in [0.15, 0.2) is 0 Å². The molecule has 70 heavy (non-hydrogen) atoms. The number of rotatable bonds is 6. The van der Waals surface area contributed by atoms with Crippen molar-refractivity contribution in [1.82, 2.24) is 0 Å². The van der Waals surface area contributed by atoms with Crippen LogP contribution in [0.1, 0.15) is 117 Å². The minimum Gasteiger partial charge on any atom is -0.310 e. The zero-order chi connectivity index (χ0) is 49.6. The summed E-state index contributed by atoms with van der Waals surface area (Å²) in [7, 11) is 0. The van der Waals surface area contributed by atoms with Gasteiger partial charge in [-0.15, -0.1) is 0 Å². The van der Waals surface area contributed by atoms with Gasteiger partial charge >= 0.3 is 0 Å². The molecular weight excluding hydrogens is 845 g/mol. The van der Waals surface area contributed by atoms with Crippen LogP contribution in [0.15, 0.2) is 121 Å². The van der Waals surface area contributed by atoms with Crippen LogP contribution in [-0.4, -0.2) is 0 Å². The van der Waals surface area contributed by atoms with E-state index in [0.29, 0.717) is 0 Å². The molecule has 11 rings (SSSR count). The van der Waals surface area contributed by atoms with Gasteiger partial charge in [-0.3, -0.25) is 0 Å². The van der Waals surface area contributed by atoms with Crippen LogP contribution in [0.2, 0.25) is 0 Å². The van der Waals surface area contributed by atoms with Gasteiger partial charge in [-0.1, -0.05) is 45.9 Å². The minimum atomic E-state index is -0.173. The van der Waals surface area contributed by atoms with E-state index in [1.165, 1.54) is 167 Å². The van der Waals surface area contributed by atoms with Crippen LogP contribution in [0.25, 0.3) is 43.8 Å². The van der Waals surface area contributed by atoms with Gasteiger partial charge in [0.2, 0.25) is 0 Å². The molecule has 2 aliphatic carbocycles. The Labute approximate surface area is 417 Å². The van der Waals surface area contributed by atoms with Gasteiger partial charge in [-0.2, -0.15) is 0 Å². The lowest BCUT2D eigenvalue weighted by atomic mass is 9.77. The van der Waals surface area contributed by atoms with Crippen molar-refractivity contribution in [2.45, 2.75) is 122 Å². The Balaban J connectivity index is 1.02. The van der Waals surface area contributed by atoms with E-state index in [0.717, 1.165) is 0 Å². The molecule has 0 spiro atoms. The standard InChI is InChI=1S/C68H68N2/c1-37-21-55(22-38(2)45(37)9)69(56-23-39(3)46(10)40(4)24-56)53-19-17-49-31-59-61-35-62-60-32-50-18-20-54(70(57-25-41(5)47(11)42(6)26-57)58-27-43(7)48(12)44(8)28-58)30-52(50)34-64(60)68(15,16)66(62)36-65(61)67(13,14)63(59)33-51(49)29-53/h17-36H,1-16H3. The molecule has 9 aromatic carbocycles. The van der Waals surface area contributed by atoms with Crippen molar-refractivity contribution in [2.24, 2.45) is 0 Å². The Bertz CT molecular complexity index is 3290. The number of hydrogen-bond acceptors (Lipinski definition) is 2. The number of anilines is 6. The first-order chi connectivity index (χ1) is 33.1. The maximum atomic E-state index is 2.58. The van der Waals surface area contributed by atoms with E-state index >= 15 is 0 Å². The quantitative estimate of drug-likeness (QED) is 0.164. The van der Waals surface area contributed by atoms with Gasteiger partial charge in [-0.25, -0.2) is 0 Å². The average molecular weight is 913 g/mol. The van der Waals surface area contributed by atoms with E-state index in [1.54, 1.807) is 0 Å². The predicted octanol–water partition coefficient (Wildman–Crippen LogP) is 19.2. The zero-order valence-corrected chi connectivity index (χ0v) is 44.4.